The Balaban J connectivity index is 1.46. The molecular weight excluding hydrogens is 376 g/mol. The zero-order chi connectivity index (χ0) is 21.2. The van der Waals surface area contributed by atoms with E-state index in [0.717, 1.165) is 64.1 Å². The summed E-state index contributed by atoms with van der Waals surface area (Å²) in [5.74, 6) is 2.49. The number of nitrogens with one attached hydrogen (secondary N) is 2. The van der Waals surface area contributed by atoms with Gasteiger partial charge in [-0.05, 0) is 11.5 Å². The summed E-state index contributed by atoms with van der Waals surface area (Å²) in [5, 5.41) is 6.95. The Morgan fingerprint density at radius 3 is 2.63 bits per heavy atom. The fourth-order valence-electron chi connectivity index (χ4n) is 3.90. The molecule has 0 saturated carbocycles. The first-order chi connectivity index (χ1) is 14.7. The van der Waals surface area contributed by atoms with Gasteiger partial charge in [-0.15, -0.1) is 0 Å². The molecule has 1 aliphatic rings. The van der Waals surface area contributed by atoms with E-state index in [4.69, 9.17) is 4.74 Å². The van der Waals surface area contributed by atoms with Crippen LogP contribution in [0.25, 0.3) is 0 Å². The highest BCUT2D eigenvalue weighted by Crippen LogP contribution is 2.12. The first-order valence-corrected chi connectivity index (χ1v) is 11.0. The molecule has 1 aliphatic heterocycles. The highest BCUT2D eigenvalue weighted by Gasteiger charge is 2.23. The minimum Gasteiger partial charge on any atom is -0.379 e. The van der Waals surface area contributed by atoms with Crippen molar-refractivity contribution in [3.63, 3.8) is 0 Å². The molecule has 1 atom stereocenters. The standard InChI is InChI=1S/C23H36N6O/c1-19(2)21(28-13-15-30-16-14-28)17-27-23(24-3)26-10-9-22-25-11-12-29(22)18-20-7-5-4-6-8-20/h4-8,11-12,19,21H,9-10,13-18H2,1-3H3,(H2,24,26,27). The summed E-state index contributed by atoms with van der Waals surface area (Å²) >= 11 is 0. The molecule has 2 heterocycles. The Kier molecular flexibility index (Phi) is 8.71. The third kappa shape index (κ3) is 6.57. The lowest BCUT2D eigenvalue weighted by molar-refractivity contribution is 0.00752. The Labute approximate surface area is 180 Å². The van der Waals surface area contributed by atoms with Crippen molar-refractivity contribution in [1.82, 2.24) is 25.1 Å². The number of guanidine groups is 1. The Bertz CT molecular complexity index is 767. The van der Waals surface area contributed by atoms with Gasteiger partial charge in [0, 0.05) is 64.6 Å². The first kappa shape index (κ1) is 22.3. The average Bonchev–Trinajstić information content (AvgIpc) is 3.20. The van der Waals surface area contributed by atoms with Gasteiger partial charge in [-0.2, -0.15) is 0 Å². The van der Waals surface area contributed by atoms with Crippen molar-refractivity contribution in [2.75, 3.05) is 46.4 Å². The van der Waals surface area contributed by atoms with E-state index in [1.54, 1.807) is 0 Å². The number of morpholine rings is 1. The SMILES string of the molecule is CN=C(NCCc1nccn1Cc1ccccc1)NCC(C(C)C)N1CCOCC1. The van der Waals surface area contributed by atoms with Crippen LogP contribution < -0.4 is 10.6 Å². The fraction of sp³-hybridized carbons (Fsp3) is 0.565. The van der Waals surface area contributed by atoms with Gasteiger partial charge in [0.15, 0.2) is 5.96 Å². The van der Waals surface area contributed by atoms with E-state index in [-0.39, 0.29) is 0 Å². The van der Waals surface area contributed by atoms with E-state index in [2.05, 4.69) is 68.2 Å². The minimum atomic E-state index is 0.470. The summed E-state index contributed by atoms with van der Waals surface area (Å²) in [6.07, 6.45) is 4.77. The summed E-state index contributed by atoms with van der Waals surface area (Å²) < 4.78 is 7.71. The topological polar surface area (TPSA) is 66.7 Å². The molecule has 1 fully saturated rings. The molecule has 164 valence electrons. The van der Waals surface area contributed by atoms with Crippen LogP contribution >= 0.6 is 0 Å². The zero-order valence-corrected chi connectivity index (χ0v) is 18.6. The van der Waals surface area contributed by atoms with Gasteiger partial charge in [0.1, 0.15) is 5.82 Å². The number of aliphatic imine (C=N–C) groups is 1. The van der Waals surface area contributed by atoms with Crippen LogP contribution in [0.5, 0.6) is 0 Å². The normalized spacial score (nSPS) is 16.6. The second kappa shape index (κ2) is 11.7. The molecule has 0 radical (unpaired) electrons. The van der Waals surface area contributed by atoms with Gasteiger partial charge in [-0.1, -0.05) is 44.2 Å². The van der Waals surface area contributed by atoms with Crippen molar-refractivity contribution in [3.8, 4) is 0 Å². The van der Waals surface area contributed by atoms with E-state index in [9.17, 15) is 0 Å². The molecule has 0 aliphatic carbocycles. The van der Waals surface area contributed by atoms with Crippen molar-refractivity contribution in [1.29, 1.82) is 0 Å². The number of nitrogens with zero attached hydrogens (tertiary/aromatic N) is 4. The summed E-state index contributed by atoms with van der Waals surface area (Å²) in [6, 6.07) is 11.0. The third-order valence-electron chi connectivity index (χ3n) is 5.62. The third-order valence-corrected chi connectivity index (χ3v) is 5.62. The number of hydrogen-bond donors (Lipinski definition) is 2. The second-order valence-electron chi connectivity index (χ2n) is 8.05. The lowest BCUT2D eigenvalue weighted by Crippen LogP contribution is -2.52. The van der Waals surface area contributed by atoms with Crippen molar-refractivity contribution in [2.45, 2.75) is 32.9 Å². The number of imidazole rings is 1. The first-order valence-electron chi connectivity index (χ1n) is 11.0. The van der Waals surface area contributed by atoms with Crippen LogP contribution in [0, 0.1) is 5.92 Å². The summed E-state index contributed by atoms with van der Waals surface area (Å²) in [6.45, 7) is 10.7. The molecule has 7 nitrogen and oxygen atoms in total. The molecule has 1 unspecified atom stereocenters. The van der Waals surface area contributed by atoms with E-state index in [1.165, 1.54) is 5.56 Å². The van der Waals surface area contributed by atoms with E-state index < -0.39 is 0 Å². The van der Waals surface area contributed by atoms with E-state index in [0.29, 0.717) is 12.0 Å². The molecule has 0 amide bonds. The quantitative estimate of drug-likeness (QED) is 0.487. The lowest BCUT2D eigenvalue weighted by Gasteiger charge is -2.37. The maximum absolute atomic E-state index is 5.51. The molecule has 7 heteroatoms. The molecule has 0 spiro atoms. The van der Waals surface area contributed by atoms with Gasteiger partial charge in [0.2, 0.25) is 0 Å². The minimum absolute atomic E-state index is 0.470. The average molecular weight is 413 g/mol. The van der Waals surface area contributed by atoms with Gasteiger partial charge in [-0.3, -0.25) is 9.89 Å². The van der Waals surface area contributed by atoms with Crippen LogP contribution in [0.4, 0.5) is 0 Å². The van der Waals surface area contributed by atoms with Gasteiger partial charge < -0.3 is 19.9 Å². The number of ether oxygens (including phenoxy) is 1. The Morgan fingerprint density at radius 1 is 1.17 bits per heavy atom. The highest BCUT2D eigenvalue weighted by atomic mass is 16.5. The van der Waals surface area contributed by atoms with E-state index >= 15 is 0 Å². The van der Waals surface area contributed by atoms with Gasteiger partial charge in [-0.25, -0.2) is 4.98 Å². The van der Waals surface area contributed by atoms with Crippen LogP contribution in [0.3, 0.4) is 0 Å². The van der Waals surface area contributed by atoms with Crippen molar-refractivity contribution in [2.24, 2.45) is 10.9 Å². The predicted molar refractivity (Wildman–Crippen MR) is 122 cm³/mol. The number of rotatable bonds is 9. The summed E-state index contributed by atoms with van der Waals surface area (Å²) in [4.78, 5) is 11.5. The van der Waals surface area contributed by atoms with Crippen LogP contribution in [-0.4, -0.2) is 72.9 Å². The Hall–Kier alpha value is -2.38. The molecule has 2 aromatic rings. The predicted octanol–water partition coefficient (Wildman–Crippen LogP) is 2.00. The zero-order valence-electron chi connectivity index (χ0n) is 18.6. The Morgan fingerprint density at radius 2 is 1.93 bits per heavy atom. The number of hydrogen-bond acceptors (Lipinski definition) is 4. The van der Waals surface area contributed by atoms with E-state index in [1.807, 2.05) is 25.5 Å². The molecule has 2 N–H and O–H groups in total. The summed E-state index contributed by atoms with van der Waals surface area (Å²) in [5.41, 5.74) is 1.28. The summed E-state index contributed by atoms with van der Waals surface area (Å²) in [7, 11) is 1.82. The van der Waals surface area contributed by atoms with Crippen LogP contribution in [0.15, 0.2) is 47.7 Å². The largest absolute Gasteiger partial charge is 0.379 e. The maximum Gasteiger partial charge on any atom is 0.191 e. The molecule has 30 heavy (non-hydrogen) atoms. The highest BCUT2D eigenvalue weighted by molar-refractivity contribution is 5.79. The maximum atomic E-state index is 5.51. The van der Waals surface area contributed by atoms with Gasteiger partial charge >= 0.3 is 0 Å². The molecule has 3 rings (SSSR count). The van der Waals surface area contributed by atoms with Crippen molar-refractivity contribution in [3.05, 3.63) is 54.1 Å². The number of benzene rings is 1. The second-order valence-corrected chi connectivity index (χ2v) is 8.05. The van der Waals surface area contributed by atoms with Crippen molar-refractivity contribution < 1.29 is 4.74 Å². The molecule has 1 saturated heterocycles. The van der Waals surface area contributed by atoms with Crippen LogP contribution in [0.1, 0.15) is 25.2 Å². The fourth-order valence-corrected chi connectivity index (χ4v) is 3.90. The van der Waals surface area contributed by atoms with Crippen molar-refractivity contribution >= 4 is 5.96 Å². The molecular formula is C23H36N6O. The monoisotopic (exact) mass is 412 g/mol. The molecule has 1 aromatic carbocycles. The molecule has 1 aromatic heterocycles. The smallest absolute Gasteiger partial charge is 0.191 e. The van der Waals surface area contributed by atoms with Crippen LogP contribution in [0.2, 0.25) is 0 Å². The van der Waals surface area contributed by atoms with Gasteiger partial charge in [0.05, 0.1) is 13.2 Å². The van der Waals surface area contributed by atoms with Crippen LogP contribution in [-0.2, 0) is 17.7 Å². The molecule has 0 bridgehead atoms. The lowest BCUT2D eigenvalue weighted by atomic mass is 10.0. The van der Waals surface area contributed by atoms with Gasteiger partial charge in [0.25, 0.3) is 0 Å². The number of aromatic nitrogens is 2.